The highest BCUT2D eigenvalue weighted by Crippen LogP contribution is 2.14. The first kappa shape index (κ1) is 8.84. The number of carboxylic acid groups (broad SMARTS) is 1. The van der Waals surface area contributed by atoms with Crippen LogP contribution in [-0.4, -0.2) is 5.97 Å². The Hall–Kier alpha value is -1.25. The molecule has 3 nitrogen and oxygen atoms in total. The van der Waals surface area contributed by atoms with Crippen LogP contribution in [-0.2, 0) is 6.42 Å². The second kappa shape index (κ2) is 3.43. The molecule has 12 heavy (non-hydrogen) atoms. The molecule has 0 aliphatic heterocycles. The summed E-state index contributed by atoms with van der Waals surface area (Å²) in [6.45, 7) is 4.04. The van der Waals surface area contributed by atoms with Crippen molar-refractivity contribution in [2.24, 2.45) is 5.92 Å². The first-order chi connectivity index (χ1) is 5.61. The minimum atomic E-state index is -1.24. The minimum absolute atomic E-state index is 0.0382. The predicted octanol–water partition coefficient (Wildman–Crippen LogP) is 0.842. The van der Waals surface area contributed by atoms with Crippen LogP contribution in [0.3, 0.4) is 0 Å². The van der Waals surface area contributed by atoms with Gasteiger partial charge in [0.25, 0.3) is 0 Å². The van der Waals surface area contributed by atoms with Gasteiger partial charge < -0.3 is 14.3 Å². The molecule has 0 aromatic carbocycles. The van der Waals surface area contributed by atoms with E-state index in [1.54, 1.807) is 6.07 Å². The monoisotopic (exact) mass is 167 g/mol. The van der Waals surface area contributed by atoms with Gasteiger partial charge in [-0.05, 0) is 24.0 Å². The zero-order valence-electron chi connectivity index (χ0n) is 7.16. The minimum Gasteiger partial charge on any atom is -0.542 e. The molecular weight excluding hydrogens is 156 g/mol. The van der Waals surface area contributed by atoms with Crippen molar-refractivity contribution in [1.29, 1.82) is 0 Å². The van der Waals surface area contributed by atoms with Crippen molar-refractivity contribution < 1.29 is 14.3 Å². The summed E-state index contributed by atoms with van der Waals surface area (Å²) in [5.74, 6) is -0.861. The second-order valence-corrected chi connectivity index (χ2v) is 3.16. The van der Waals surface area contributed by atoms with Crippen LogP contribution in [0.2, 0.25) is 0 Å². The fourth-order valence-corrected chi connectivity index (χ4v) is 1.12. The van der Waals surface area contributed by atoms with Crippen molar-refractivity contribution in [1.82, 2.24) is 0 Å². The van der Waals surface area contributed by atoms with Crippen LogP contribution in [0.25, 0.3) is 0 Å². The van der Waals surface area contributed by atoms with E-state index in [2.05, 4.69) is 0 Å². The van der Waals surface area contributed by atoms with Gasteiger partial charge in [-0.2, -0.15) is 0 Å². The van der Waals surface area contributed by atoms with Gasteiger partial charge >= 0.3 is 0 Å². The van der Waals surface area contributed by atoms with Gasteiger partial charge in [-0.15, -0.1) is 0 Å². The summed E-state index contributed by atoms with van der Waals surface area (Å²) < 4.78 is 4.76. The molecule has 0 saturated carbocycles. The molecule has 0 N–H and O–H groups in total. The Balaban J connectivity index is 2.84. The van der Waals surface area contributed by atoms with Crippen molar-refractivity contribution in [2.45, 2.75) is 20.3 Å². The average molecular weight is 167 g/mol. The number of carbonyl (C=O) groups excluding carboxylic acids is 1. The van der Waals surface area contributed by atoms with Crippen molar-refractivity contribution in [3.8, 4) is 0 Å². The smallest absolute Gasteiger partial charge is 0.152 e. The molecule has 0 aliphatic carbocycles. The van der Waals surface area contributed by atoms with Gasteiger partial charge in [-0.25, -0.2) is 0 Å². The molecule has 1 aromatic heterocycles. The standard InChI is InChI=1S/C9H12O3/c1-6(2)5-7-3-4-12-8(7)9(10)11/h3-4,6H,5H2,1-2H3,(H,10,11)/p-1. The molecule has 0 radical (unpaired) electrons. The van der Waals surface area contributed by atoms with Crippen molar-refractivity contribution in [3.63, 3.8) is 0 Å². The van der Waals surface area contributed by atoms with E-state index in [0.29, 0.717) is 17.9 Å². The average Bonchev–Trinajstić information content (AvgIpc) is 2.33. The van der Waals surface area contributed by atoms with Gasteiger partial charge in [0, 0.05) is 0 Å². The molecule has 1 rings (SSSR count). The molecule has 0 amide bonds. The van der Waals surface area contributed by atoms with Crippen molar-refractivity contribution in [3.05, 3.63) is 23.7 Å². The number of hydrogen-bond donors (Lipinski definition) is 0. The molecule has 0 atom stereocenters. The van der Waals surface area contributed by atoms with Gasteiger partial charge in [0.15, 0.2) is 5.76 Å². The first-order valence-electron chi connectivity index (χ1n) is 3.89. The summed E-state index contributed by atoms with van der Waals surface area (Å²) in [7, 11) is 0. The molecule has 66 valence electrons. The quantitative estimate of drug-likeness (QED) is 0.670. The normalized spacial score (nSPS) is 10.6. The van der Waals surface area contributed by atoms with E-state index in [1.807, 2.05) is 13.8 Å². The number of furan rings is 1. The largest absolute Gasteiger partial charge is 0.542 e. The Kier molecular flexibility index (Phi) is 2.53. The van der Waals surface area contributed by atoms with Crippen LogP contribution in [0.4, 0.5) is 0 Å². The van der Waals surface area contributed by atoms with Crippen LogP contribution in [0.5, 0.6) is 0 Å². The topological polar surface area (TPSA) is 53.3 Å². The number of carbonyl (C=O) groups is 1. The van der Waals surface area contributed by atoms with E-state index >= 15 is 0 Å². The highest BCUT2D eigenvalue weighted by atomic mass is 16.4. The van der Waals surface area contributed by atoms with Crippen LogP contribution in [0.1, 0.15) is 30.0 Å². The van der Waals surface area contributed by atoms with Gasteiger partial charge in [0.2, 0.25) is 0 Å². The van der Waals surface area contributed by atoms with E-state index in [4.69, 9.17) is 4.42 Å². The van der Waals surface area contributed by atoms with E-state index in [0.717, 1.165) is 0 Å². The summed E-state index contributed by atoms with van der Waals surface area (Å²) in [6.07, 6.45) is 2.09. The maximum atomic E-state index is 10.5. The van der Waals surface area contributed by atoms with Gasteiger partial charge in [0.05, 0.1) is 6.26 Å². The van der Waals surface area contributed by atoms with Crippen LogP contribution in [0, 0.1) is 5.92 Å². The molecule has 0 bridgehead atoms. The summed E-state index contributed by atoms with van der Waals surface area (Å²) in [6, 6.07) is 1.67. The molecule has 0 saturated heterocycles. The lowest BCUT2D eigenvalue weighted by atomic mass is 10.0. The number of aromatic carboxylic acids is 1. The van der Waals surface area contributed by atoms with E-state index in [-0.39, 0.29) is 5.76 Å². The maximum Gasteiger partial charge on any atom is 0.152 e. The summed E-state index contributed by atoms with van der Waals surface area (Å²) in [5.41, 5.74) is 0.713. The maximum absolute atomic E-state index is 10.5. The summed E-state index contributed by atoms with van der Waals surface area (Å²) in [4.78, 5) is 10.5. The van der Waals surface area contributed by atoms with E-state index in [9.17, 15) is 9.90 Å². The molecule has 1 aromatic rings. The summed E-state index contributed by atoms with van der Waals surface area (Å²) in [5, 5.41) is 10.5. The zero-order valence-corrected chi connectivity index (χ0v) is 7.16. The third kappa shape index (κ3) is 1.87. The molecule has 1 heterocycles. The lowest BCUT2D eigenvalue weighted by Crippen LogP contribution is -2.23. The number of hydrogen-bond acceptors (Lipinski definition) is 3. The van der Waals surface area contributed by atoms with Crippen LogP contribution >= 0.6 is 0 Å². The third-order valence-electron chi connectivity index (χ3n) is 1.56. The van der Waals surface area contributed by atoms with E-state index in [1.165, 1.54) is 6.26 Å². The Morgan fingerprint density at radius 1 is 1.67 bits per heavy atom. The molecule has 0 spiro atoms. The van der Waals surface area contributed by atoms with Crippen molar-refractivity contribution in [2.75, 3.05) is 0 Å². The van der Waals surface area contributed by atoms with Crippen LogP contribution in [0.15, 0.2) is 16.7 Å². The Bertz CT molecular complexity index is 273. The fraction of sp³-hybridized carbons (Fsp3) is 0.444. The Morgan fingerprint density at radius 2 is 2.33 bits per heavy atom. The highest BCUT2D eigenvalue weighted by Gasteiger charge is 2.08. The van der Waals surface area contributed by atoms with Crippen molar-refractivity contribution >= 4 is 5.97 Å². The molecular formula is C9H11O3-. The lowest BCUT2D eigenvalue weighted by Gasteiger charge is -2.04. The Morgan fingerprint density at radius 3 is 2.83 bits per heavy atom. The number of carboxylic acids is 1. The summed E-state index contributed by atoms with van der Waals surface area (Å²) >= 11 is 0. The van der Waals surface area contributed by atoms with Gasteiger partial charge in [-0.1, -0.05) is 13.8 Å². The van der Waals surface area contributed by atoms with E-state index < -0.39 is 5.97 Å². The van der Waals surface area contributed by atoms with Crippen LogP contribution < -0.4 is 5.11 Å². The number of rotatable bonds is 3. The second-order valence-electron chi connectivity index (χ2n) is 3.16. The van der Waals surface area contributed by atoms with Gasteiger partial charge in [0.1, 0.15) is 5.97 Å². The SMILES string of the molecule is CC(C)Cc1ccoc1C(=O)[O-]. The fourth-order valence-electron chi connectivity index (χ4n) is 1.12. The predicted molar refractivity (Wildman–Crippen MR) is 41.6 cm³/mol. The van der Waals surface area contributed by atoms with Gasteiger partial charge in [-0.3, -0.25) is 0 Å². The Labute approximate surface area is 71.0 Å². The molecule has 0 unspecified atom stereocenters. The molecule has 0 aliphatic rings. The zero-order chi connectivity index (χ0) is 9.14. The molecule has 0 fully saturated rings. The lowest BCUT2D eigenvalue weighted by molar-refractivity contribution is -0.257. The third-order valence-corrected chi connectivity index (χ3v) is 1.56. The highest BCUT2D eigenvalue weighted by molar-refractivity contribution is 5.84. The molecule has 3 heteroatoms. The first-order valence-corrected chi connectivity index (χ1v) is 3.89.